The van der Waals surface area contributed by atoms with Crippen molar-refractivity contribution in [3.05, 3.63) is 39.6 Å². The fraction of sp³-hybridized carbons (Fsp3) is 0.308. The van der Waals surface area contributed by atoms with Crippen LogP contribution in [-0.4, -0.2) is 26.1 Å². The molecule has 1 heterocycles. The Bertz CT molecular complexity index is 680. The zero-order valence-electron chi connectivity index (χ0n) is 10.4. The quantitative estimate of drug-likeness (QED) is 0.941. The zero-order valence-corrected chi connectivity index (χ0v) is 11.9. The van der Waals surface area contributed by atoms with Gasteiger partial charge in [0.05, 0.1) is 21.4 Å². The third-order valence-corrected chi connectivity index (χ3v) is 4.29. The molecule has 1 saturated carbocycles. The lowest BCUT2D eigenvalue weighted by Gasteiger charge is -2.26. The van der Waals surface area contributed by atoms with E-state index in [1.54, 1.807) is 22.9 Å². The average molecular weight is 312 g/mol. The lowest BCUT2D eigenvalue weighted by molar-refractivity contribution is 0.0687. The molecule has 0 amide bonds. The van der Waals surface area contributed by atoms with E-state index < -0.39 is 5.97 Å². The molecule has 1 aliphatic rings. The first-order valence-electron chi connectivity index (χ1n) is 6.22. The van der Waals surface area contributed by atoms with Crippen molar-refractivity contribution in [3.63, 3.8) is 0 Å². The molecular weight excluding hydrogens is 301 g/mol. The molecule has 5 nitrogen and oxygen atoms in total. The molecule has 1 aliphatic carbocycles. The van der Waals surface area contributed by atoms with Gasteiger partial charge in [0, 0.05) is 5.92 Å². The molecule has 0 spiro atoms. The Morgan fingerprint density at radius 1 is 1.30 bits per heavy atom. The smallest absolute Gasteiger partial charge is 0.358 e. The third kappa shape index (κ3) is 2.17. The summed E-state index contributed by atoms with van der Waals surface area (Å²) >= 11 is 11.9. The van der Waals surface area contributed by atoms with Crippen molar-refractivity contribution in [3.8, 4) is 5.69 Å². The Morgan fingerprint density at radius 3 is 2.60 bits per heavy atom. The van der Waals surface area contributed by atoms with Crippen molar-refractivity contribution in [2.24, 2.45) is 0 Å². The Labute approximate surface area is 125 Å². The molecule has 0 bridgehead atoms. The minimum Gasteiger partial charge on any atom is -0.476 e. The minimum atomic E-state index is -1.06. The summed E-state index contributed by atoms with van der Waals surface area (Å²) in [6, 6.07) is 5.06. The first-order valence-corrected chi connectivity index (χ1v) is 6.98. The largest absolute Gasteiger partial charge is 0.476 e. The molecule has 0 atom stereocenters. The van der Waals surface area contributed by atoms with E-state index in [2.05, 4.69) is 10.3 Å². The normalized spacial score (nSPS) is 15.1. The van der Waals surface area contributed by atoms with E-state index in [0.29, 0.717) is 21.4 Å². The van der Waals surface area contributed by atoms with Crippen molar-refractivity contribution in [2.45, 2.75) is 25.2 Å². The topological polar surface area (TPSA) is 68.0 Å². The summed E-state index contributed by atoms with van der Waals surface area (Å²) in [5.41, 5.74) is 1.32. The van der Waals surface area contributed by atoms with E-state index in [1.165, 1.54) is 0 Å². The number of carboxylic acids is 1. The van der Waals surface area contributed by atoms with E-state index in [1.807, 2.05) is 0 Å². The maximum atomic E-state index is 11.3. The Balaban J connectivity index is 2.12. The summed E-state index contributed by atoms with van der Waals surface area (Å²) in [6.45, 7) is 0. The fourth-order valence-corrected chi connectivity index (χ4v) is 2.59. The van der Waals surface area contributed by atoms with Gasteiger partial charge in [-0.15, -0.1) is 5.10 Å². The number of rotatable bonds is 3. The summed E-state index contributed by atoms with van der Waals surface area (Å²) in [6.07, 6.45) is 3.00. The molecule has 0 unspecified atom stereocenters. The number of nitrogens with zero attached hydrogens (tertiary/aromatic N) is 3. The van der Waals surface area contributed by atoms with Gasteiger partial charge in [0.15, 0.2) is 5.69 Å². The first-order chi connectivity index (χ1) is 9.58. The van der Waals surface area contributed by atoms with Gasteiger partial charge in [0.2, 0.25) is 0 Å². The number of hydrogen-bond acceptors (Lipinski definition) is 3. The van der Waals surface area contributed by atoms with Crippen LogP contribution in [0.15, 0.2) is 18.2 Å². The van der Waals surface area contributed by atoms with Crippen LogP contribution in [0.25, 0.3) is 5.69 Å². The third-order valence-electron chi connectivity index (χ3n) is 3.55. The van der Waals surface area contributed by atoms with Gasteiger partial charge in [-0.1, -0.05) is 34.8 Å². The summed E-state index contributed by atoms with van der Waals surface area (Å²) in [4.78, 5) is 11.3. The molecule has 1 aromatic carbocycles. The van der Waals surface area contributed by atoms with Crippen LogP contribution in [0.2, 0.25) is 10.0 Å². The maximum absolute atomic E-state index is 11.3. The standard InChI is InChI=1S/C13H11Cl2N3O2/c14-9-5-4-8(6-10(9)15)18-12(7-2-1-3-7)11(13(19)20)16-17-18/h4-7H,1-3H2,(H,19,20). The molecule has 104 valence electrons. The van der Waals surface area contributed by atoms with Crippen molar-refractivity contribution in [1.82, 2.24) is 15.0 Å². The molecule has 1 aromatic heterocycles. The van der Waals surface area contributed by atoms with Crippen LogP contribution in [0.3, 0.4) is 0 Å². The van der Waals surface area contributed by atoms with Crippen molar-refractivity contribution in [1.29, 1.82) is 0 Å². The Kier molecular flexibility index (Phi) is 3.40. The Morgan fingerprint density at radius 2 is 2.05 bits per heavy atom. The van der Waals surface area contributed by atoms with Gasteiger partial charge < -0.3 is 5.11 Å². The molecular formula is C13H11Cl2N3O2. The molecule has 1 fully saturated rings. The highest BCUT2D eigenvalue weighted by atomic mass is 35.5. The number of aromatic carboxylic acids is 1. The second-order valence-corrected chi connectivity index (χ2v) is 5.58. The maximum Gasteiger partial charge on any atom is 0.358 e. The van der Waals surface area contributed by atoms with Crippen LogP contribution in [0.5, 0.6) is 0 Å². The van der Waals surface area contributed by atoms with E-state index >= 15 is 0 Å². The van der Waals surface area contributed by atoms with E-state index in [9.17, 15) is 9.90 Å². The van der Waals surface area contributed by atoms with Crippen LogP contribution in [0.1, 0.15) is 41.4 Å². The Hall–Kier alpha value is -1.59. The zero-order chi connectivity index (χ0) is 14.3. The summed E-state index contributed by atoms with van der Waals surface area (Å²) in [7, 11) is 0. The summed E-state index contributed by atoms with van der Waals surface area (Å²) < 4.78 is 1.55. The fourth-order valence-electron chi connectivity index (χ4n) is 2.30. The molecule has 0 radical (unpaired) electrons. The van der Waals surface area contributed by atoms with Gasteiger partial charge in [-0.2, -0.15) is 0 Å². The molecule has 1 N–H and O–H groups in total. The molecule has 2 aromatic rings. The van der Waals surface area contributed by atoms with Crippen LogP contribution in [-0.2, 0) is 0 Å². The van der Waals surface area contributed by atoms with E-state index in [0.717, 1.165) is 19.3 Å². The number of aromatic nitrogens is 3. The van der Waals surface area contributed by atoms with Crippen molar-refractivity contribution in [2.75, 3.05) is 0 Å². The molecule has 0 aliphatic heterocycles. The lowest BCUT2D eigenvalue weighted by atomic mass is 9.82. The van der Waals surface area contributed by atoms with Gasteiger partial charge in [0.1, 0.15) is 0 Å². The number of carboxylic acid groups (broad SMARTS) is 1. The van der Waals surface area contributed by atoms with E-state index in [-0.39, 0.29) is 11.6 Å². The highest BCUT2D eigenvalue weighted by molar-refractivity contribution is 6.42. The van der Waals surface area contributed by atoms with Gasteiger partial charge >= 0.3 is 5.97 Å². The molecule has 7 heteroatoms. The number of hydrogen-bond donors (Lipinski definition) is 1. The monoisotopic (exact) mass is 311 g/mol. The van der Waals surface area contributed by atoms with Gasteiger partial charge in [-0.3, -0.25) is 0 Å². The summed E-state index contributed by atoms with van der Waals surface area (Å²) in [5.74, 6) is -0.872. The van der Waals surface area contributed by atoms with Gasteiger partial charge in [-0.05, 0) is 31.0 Å². The SMILES string of the molecule is O=C(O)c1nnn(-c2ccc(Cl)c(Cl)c2)c1C1CCC1. The molecule has 0 saturated heterocycles. The highest BCUT2D eigenvalue weighted by Gasteiger charge is 2.31. The van der Waals surface area contributed by atoms with Crippen LogP contribution in [0.4, 0.5) is 0 Å². The molecule has 3 rings (SSSR count). The lowest BCUT2D eigenvalue weighted by Crippen LogP contribution is -2.17. The highest BCUT2D eigenvalue weighted by Crippen LogP contribution is 2.38. The van der Waals surface area contributed by atoms with Crippen molar-refractivity contribution >= 4 is 29.2 Å². The molecule has 20 heavy (non-hydrogen) atoms. The number of carbonyl (C=O) groups is 1. The van der Waals surface area contributed by atoms with Crippen molar-refractivity contribution < 1.29 is 9.90 Å². The second-order valence-electron chi connectivity index (χ2n) is 4.77. The van der Waals surface area contributed by atoms with Crippen LogP contribution < -0.4 is 0 Å². The van der Waals surface area contributed by atoms with Gasteiger partial charge in [0.25, 0.3) is 0 Å². The van der Waals surface area contributed by atoms with E-state index in [4.69, 9.17) is 23.2 Å². The number of benzene rings is 1. The second kappa shape index (κ2) is 5.07. The predicted octanol–water partition coefficient (Wildman–Crippen LogP) is 3.54. The number of halogens is 2. The minimum absolute atomic E-state index is 0.0146. The first kappa shape index (κ1) is 13.4. The van der Waals surface area contributed by atoms with Gasteiger partial charge in [-0.25, -0.2) is 9.48 Å². The van der Waals surface area contributed by atoms with Crippen LogP contribution >= 0.6 is 23.2 Å². The average Bonchev–Trinajstić information content (AvgIpc) is 2.75. The predicted molar refractivity (Wildman–Crippen MR) is 74.9 cm³/mol. The summed E-state index contributed by atoms with van der Waals surface area (Å²) in [5, 5.41) is 17.8. The van der Waals surface area contributed by atoms with Crippen LogP contribution in [0, 0.1) is 0 Å².